The first-order valence-electron chi connectivity index (χ1n) is 8.75. The molecule has 3 rings (SSSR count). The zero-order valence-electron chi connectivity index (χ0n) is 14.9. The summed E-state index contributed by atoms with van der Waals surface area (Å²) in [4.78, 5) is 30.6. The normalized spacial score (nSPS) is 11.5. The van der Waals surface area contributed by atoms with Gasteiger partial charge < -0.3 is 15.6 Å². The van der Waals surface area contributed by atoms with Crippen LogP contribution in [0.15, 0.2) is 35.1 Å². The Morgan fingerprint density at radius 3 is 2.54 bits per heavy atom. The standard InChI is InChI=1S/C20H22IN3O2/c1-3-24(4-2)8-7-12-9-15-18(16(10-12)20(22)26)23-17-6-5-13(21)11-14(17)19(15)25/h5-6,9-11H,3-4,7-8H2,1-2H3,(H2,22,26)(H,23,25). The Morgan fingerprint density at radius 2 is 1.88 bits per heavy atom. The molecule has 0 spiro atoms. The van der Waals surface area contributed by atoms with E-state index < -0.39 is 5.91 Å². The summed E-state index contributed by atoms with van der Waals surface area (Å²) in [5.41, 5.74) is 8.08. The Kier molecular flexibility index (Phi) is 5.62. The number of benzene rings is 2. The van der Waals surface area contributed by atoms with E-state index in [0.29, 0.717) is 27.4 Å². The maximum absolute atomic E-state index is 13.0. The van der Waals surface area contributed by atoms with E-state index in [2.05, 4.69) is 46.3 Å². The van der Waals surface area contributed by atoms with Gasteiger partial charge in [-0.25, -0.2) is 0 Å². The van der Waals surface area contributed by atoms with Gasteiger partial charge in [0.05, 0.1) is 11.1 Å². The summed E-state index contributed by atoms with van der Waals surface area (Å²) in [7, 11) is 0. The Morgan fingerprint density at radius 1 is 1.15 bits per heavy atom. The van der Waals surface area contributed by atoms with E-state index in [9.17, 15) is 9.59 Å². The third kappa shape index (κ3) is 3.61. The molecule has 1 heterocycles. The zero-order chi connectivity index (χ0) is 18.8. The summed E-state index contributed by atoms with van der Waals surface area (Å²) in [5, 5.41) is 1.14. The van der Waals surface area contributed by atoms with Gasteiger partial charge in [-0.2, -0.15) is 0 Å². The van der Waals surface area contributed by atoms with Crippen molar-refractivity contribution in [3.8, 4) is 0 Å². The molecule has 3 N–H and O–H groups in total. The summed E-state index contributed by atoms with van der Waals surface area (Å²) in [5.74, 6) is -0.528. The van der Waals surface area contributed by atoms with Gasteiger partial charge >= 0.3 is 0 Å². The highest BCUT2D eigenvalue weighted by molar-refractivity contribution is 14.1. The van der Waals surface area contributed by atoms with Gasteiger partial charge in [0.25, 0.3) is 5.91 Å². The Bertz CT molecular complexity index is 1040. The van der Waals surface area contributed by atoms with Crippen LogP contribution in [0.4, 0.5) is 0 Å². The zero-order valence-corrected chi connectivity index (χ0v) is 17.1. The van der Waals surface area contributed by atoms with Crippen molar-refractivity contribution < 1.29 is 4.79 Å². The Labute approximate surface area is 165 Å². The molecule has 6 heteroatoms. The molecule has 2 aromatic carbocycles. The first-order valence-corrected chi connectivity index (χ1v) is 9.82. The van der Waals surface area contributed by atoms with Crippen LogP contribution in [0.25, 0.3) is 21.8 Å². The minimum Gasteiger partial charge on any atom is -0.366 e. The Balaban J connectivity index is 2.20. The minimum absolute atomic E-state index is 0.0699. The SMILES string of the molecule is CCN(CC)CCc1cc(C(N)=O)c2[nH]c3ccc(I)cc3c(=O)c2c1. The molecule has 1 aromatic heterocycles. The van der Waals surface area contributed by atoms with Crippen LogP contribution in [0.5, 0.6) is 0 Å². The van der Waals surface area contributed by atoms with E-state index in [-0.39, 0.29) is 5.43 Å². The third-order valence-electron chi connectivity index (χ3n) is 4.81. The monoisotopic (exact) mass is 463 g/mol. The summed E-state index contributed by atoms with van der Waals surface area (Å²) in [6, 6.07) is 9.34. The number of hydrogen-bond acceptors (Lipinski definition) is 3. The third-order valence-corrected chi connectivity index (χ3v) is 5.48. The number of pyridine rings is 1. The summed E-state index contributed by atoms with van der Waals surface area (Å²) < 4.78 is 0.993. The topological polar surface area (TPSA) is 79.2 Å². The van der Waals surface area contributed by atoms with Crippen molar-refractivity contribution in [3.05, 3.63) is 55.3 Å². The number of H-pyrrole nitrogens is 1. The number of likely N-dealkylation sites (N-methyl/N-ethyl adjacent to an activating group) is 1. The van der Waals surface area contributed by atoms with E-state index in [0.717, 1.165) is 35.2 Å². The number of aromatic amines is 1. The van der Waals surface area contributed by atoms with Gasteiger partial charge in [-0.1, -0.05) is 13.8 Å². The number of nitrogens with zero attached hydrogens (tertiary/aromatic N) is 1. The van der Waals surface area contributed by atoms with Crippen LogP contribution in [0.3, 0.4) is 0 Å². The molecule has 0 saturated heterocycles. The van der Waals surface area contributed by atoms with Gasteiger partial charge in [0.2, 0.25) is 0 Å². The first-order chi connectivity index (χ1) is 12.4. The number of halogens is 1. The average Bonchev–Trinajstić information content (AvgIpc) is 2.63. The van der Waals surface area contributed by atoms with E-state index in [1.807, 2.05) is 30.3 Å². The van der Waals surface area contributed by atoms with Gasteiger partial charge in [0.1, 0.15) is 0 Å². The first kappa shape index (κ1) is 18.8. The number of carbonyl (C=O) groups is 1. The maximum Gasteiger partial charge on any atom is 0.250 e. The number of hydrogen-bond donors (Lipinski definition) is 2. The number of nitrogens with two attached hydrogens (primary N) is 1. The molecule has 3 aromatic rings. The second kappa shape index (κ2) is 7.75. The second-order valence-corrected chi connectivity index (χ2v) is 7.60. The summed E-state index contributed by atoms with van der Waals surface area (Å²) in [6.07, 6.45) is 0.766. The van der Waals surface area contributed by atoms with Crippen LogP contribution in [0.1, 0.15) is 29.8 Å². The number of amides is 1. The average molecular weight is 463 g/mol. The molecular formula is C20H22IN3O2. The fraction of sp³-hybridized carbons (Fsp3) is 0.300. The van der Waals surface area contributed by atoms with Crippen molar-refractivity contribution in [2.24, 2.45) is 5.73 Å². The van der Waals surface area contributed by atoms with Crippen molar-refractivity contribution in [1.29, 1.82) is 0 Å². The number of rotatable bonds is 6. The smallest absolute Gasteiger partial charge is 0.250 e. The second-order valence-electron chi connectivity index (χ2n) is 6.35. The lowest BCUT2D eigenvalue weighted by Crippen LogP contribution is -2.25. The van der Waals surface area contributed by atoms with Gasteiger partial charge in [-0.3, -0.25) is 9.59 Å². The van der Waals surface area contributed by atoms with Gasteiger partial charge in [-0.05, 0) is 78.0 Å². The van der Waals surface area contributed by atoms with Crippen molar-refractivity contribution in [1.82, 2.24) is 9.88 Å². The molecule has 136 valence electrons. The molecule has 0 bridgehead atoms. The minimum atomic E-state index is -0.528. The quantitative estimate of drug-likeness (QED) is 0.435. The number of carbonyl (C=O) groups excluding carboxylic acids is 1. The van der Waals surface area contributed by atoms with Crippen molar-refractivity contribution >= 4 is 50.3 Å². The molecule has 5 nitrogen and oxygen atoms in total. The predicted octanol–water partition coefficient (Wildman–Crippen LogP) is 3.27. The summed E-state index contributed by atoms with van der Waals surface area (Å²) in [6.45, 7) is 7.06. The van der Waals surface area contributed by atoms with E-state index >= 15 is 0 Å². The molecule has 0 saturated carbocycles. The number of primary amides is 1. The van der Waals surface area contributed by atoms with Crippen molar-refractivity contribution in [2.75, 3.05) is 19.6 Å². The highest BCUT2D eigenvalue weighted by Crippen LogP contribution is 2.22. The lowest BCUT2D eigenvalue weighted by molar-refractivity contribution is 0.100. The van der Waals surface area contributed by atoms with E-state index in [4.69, 9.17) is 5.73 Å². The fourth-order valence-corrected chi connectivity index (χ4v) is 3.77. The molecule has 0 aliphatic rings. The van der Waals surface area contributed by atoms with Crippen LogP contribution in [0.2, 0.25) is 0 Å². The van der Waals surface area contributed by atoms with Gasteiger partial charge in [0.15, 0.2) is 5.43 Å². The maximum atomic E-state index is 13.0. The van der Waals surface area contributed by atoms with Gasteiger partial charge in [0, 0.05) is 26.4 Å². The highest BCUT2D eigenvalue weighted by Gasteiger charge is 2.15. The Hall–Kier alpha value is -1.93. The van der Waals surface area contributed by atoms with Crippen LogP contribution in [0, 0.1) is 3.57 Å². The largest absolute Gasteiger partial charge is 0.366 e. The molecule has 26 heavy (non-hydrogen) atoms. The van der Waals surface area contributed by atoms with Gasteiger partial charge in [-0.15, -0.1) is 0 Å². The van der Waals surface area contributed by atoms with Crippen molar-refractivity contribution in [3.63, 3.8) is 0 Å². The van der Waals surface area contributed by atoms with Crippen molar-refractivity contribution in [2.45, 2.75) is 20.3 Å². The number of nitrogens with one attached hydrogen (secondary N) is 1. The lowest BCUT2D eigenvalue weighted by Gasteiger charge is -2.18. The predicted molar refractivity (Wildman–Crippen MR) is 115 cm³/mol. The highest BCUT2D eigenvalue weighted by atomic mass is 127. The molecule has 0 unspecified atom stereocenters. The molecular weight excluding hydrogens is 441 g/mol. The molecule has 1 amide bonds. The molecule has 0 aliphatic carbocycles. The number of aromatic nitrogens is 1. The van der Waals surface area contributed by atoms with Crippen LogP contribution < -0.4 is 11.2 Å². The lowest BCUT2D eigenvalue weighted by atomic mass is 10.0. The van der Waals surface area contributed by atoms with E-state index in [1.54, 1.807) is 0 Å². The fourth-order valence-electron chi connectivity index (χ4n) is 3.27. The molecule has 0 fully saturated rings. The molecule has 0 aliphatic heterocycles. The van der Waals surface area contributed by atoms with Crippen LogP contribution >= 0.6 is 22.6 Å². The van der Waals surface area contributed by atoms with Crippen LogP contribution in [-0.4, -0.2) is 35.4 Å². The van der Waals surface area contributed by atoms with E-state index in [1.165, 1.54) is 0 Å². The molecule has 0 atom stereocenters. The summed E-state index contributed by atoms with van der Waals surface area (Å²) >= 11 is 2.19. The molecule has 0 radical (unpaired) electrons. The van der Waals surface area contributed by atoms with Crippen LogP contribution in [-0.2, 0) is 6.42 Å². The number of fused-ring (bicyclic) bond motifs is 2.